The first kappa shape index (κ1) is 15.4. The van der Waals surface area contributed by atoms with Gasteiger partial charge in [-0.25, -0.2) is 8.78 Å². The molecule has 1 aliphatic carbocycles. The molecule has 1 amide bonds. The largest absolute Gasteiger partial charge is 0.455 e. The lowest BCUT2D eigenvalue weighted by Gasteiger charge is -2.19. The molecule has 0 aromatic heterocycles. The molecule has 0 radical (unpaired) electrons. The van der Waals surface area contributed by atoms with Crippen molar-refractivity contribution in [1.82, 2.24) is 0 Å². The zero-order chi connectivity index (χ0) is 15.2. The van der Waals surface area contributed by atoms with Gasteiger partial charge in [0.15, 0.2) is 6.61 Å². The summed E-state index contributed by atoms with van der Waals surface area (Å²) in [5, 5.41) is 2.07. The third-order valence-electron chi connectivity index (χ3n) is 3.51. The van der Waals surface area contributed by atoms with Crippen LogP contribution in [0.15, 0.2) is 18.2 Å². The molecule has 0 atom stereocenters. The van der Waals surface area contributed by atoms with Gasteiger partial charge in [-0.2, -0.15) is 0 Å². The van der Waals surface area contributed by atoms with E-state index in [0.29, 0.717) is 0 Å². The molecule has 1 saturated carbocycles. The predicted octanol–water partition coefficient (Wildman–Crippen LogP) is 3.03. The highest BCUT2D eigenvalue weighted by molar-refractivity contribution is 5.93. The monoisotopic (exact) mass is 297 g/mol. The smallest absolute Gasteiger partial charge is 0.309 e. The number of nitrogens with one attached hydrogen (secondary N) is 1. The van der Waals surface area contributed by atoms with Crippen LogP contribution in [0.2, 0.25) is 0 Å². The predicted molar refractivity (Wildman–Crippen MR) is 72.5 cm³/mol. The number of hydrogen-bond donors (Lipinski definition) is 1. The van der Waals surface area contributed by atoms with E-state index in [2.05, 4.69) is 5.32 Å². The Labute approximate surface area is 121 Å². The van der Waals surface area contributed by atoms with Crippen molar-refractivity contribution < 1.29 is 23.1 Å². The fourth-order valence-electron chi connectivity index (χ4n) is 2.39. The Bertz CT molecular complexity index is 507. The summed E-state index contributed by atoms with van der Waals surface area (Å²) in [5.74, 6) is -3.09. The molecule has 114 valence electrons. The molecular weight excluding hydrogens is 280 g/mol. The third-order valence-corrected chi connectivity index (χ3v) is 3.51. The van der Waals surface area contributed by atoms with E-state index in [-0.39, 0.29) is 5.92 Å². The van der Waals surface area contributed by atoms with E-state index in [0.717, 1.165) is 44.2 Å². The van der Waals surface area contributed by atoms with Gasteiger partial charge in [-0.1, -0.05) is 25.3 Å². The standard InChI is InChI=1S/C15H17F2NO3/c16-11-7-4-8-12(17)14(11)18-13(19)9-21-15(20)10-5-2-1-3-6-10/h4,7-8,10H,1-3,5-6,9H2,(H,18,19). The number of anilines is 1. The number of para-hydroxylation sites is 1. The van der Waals surface area contributed by atoms with Crippen LogP contribution in [-0.4, -0.2) is 18.5 Å². The lowest BCUT2D eigenvalue weighted by Crippen LogP contribution is -2.26. The number of amides is 1. The first-order valence-electron chi connectivity index (χ1n) is 6.98. The number of rotatable bonds is 4. The molecule has 21 heavy (non-hydrogen) atoms. The van der Waals surface area contributed by atoms with Crippen LogP contribution in [-0.2, 0) is 14.3 Å². The number of carbonyl (C=O) groups is 2. The van der Waals surface area contributed by atoms with Crippen LogP contribution in [0.25, 0.3) is 0 Å². The highest BCUT2D eigenvalue weighted by Crippen LogP contribution is 2.24. The van der Waals surface area contributed by atoms with Gasteiger partial charge >= 0.3 is 5.97 Å². The summed E-state index contributed by atoms with van der Waals surface area (Å²) in [5.41, 5.74) is -0.531. The Morgan fingerprint density at radius 1 is 1.14 bits per heavy atom. The van der Waals surface area contributed by atoms with Crippen molar-refractivity contribution in [2.24, 2.45) is 5.92 Å². The quantitative estimate of drug-likeness (QED) is 0.869. The number of halogens is 2. The van der Waals surface area contributed by atoms with Gasteiger partial charge in [0.25, 0.3) is 5.91 Å². The SMILES string of the molecule is O=C(COC(=O)C1CCCCC1)Nc1c(F)cccc1F. The van der Waals surface area contributed by atoms with Crippen molar-refractivity contribution in [1.29, 1.82) is 0 Å². The van der Waals surface area contributed by atoms with E-state index in [1.807, 2.05) is 0 Å². The summed E-state index contributed by atoms with van der Waals surface area (Å²) in [4.78, 5) is 23.3. The first-order valence-corrected chi connectivity index (χ1v) is 6.98. The van der Waals surface area contributed by atoms with E-state index in [1.165, 1.54) is 6.07 Å². The second-order valence-electron chi connectivity index (χ2n) is 5.09. The summed E-state index contributed by atoms with van der Waals surface area (Å²) < 4.78 is 31.6. The number of ether oxygens (including phenoxy) is 1. The minimum absolute atomic E-state index is 0.170. The Morgan fingerprint density at radius 2 is 1.76 bits per heavy atom. The van der Waals surface area contributed by atoms with Crippen molar-refractivity contribution >= 4 is 17.6 Å². The maximum atomic E-state index is 13.3. The molecule has 1 aromatic carbocycles. The van der Waals surface area contributed by atoms with Gasteiger partial charge in [-0.05, 0) is 25.0 Å². The highest BCUT2D eigenvalue weighted by atomic mass is 19.1. The maximum Gasteiger partial charge on any atom is 0.309 e. The number of benzene rings is 1. The molecule has 1 N–H and O–H groups in total. The highest BCUT2D eigenvalue weighted by Gasteiger charge is 2.23. The fraction of sp³-hybridized carbons (Fsp3) is 0.467. The molecule has 1 aliphatic rings. The molecule has 0 aliphatic heterocycles. The fourth-order valence-corrected chi connectivity index (χ4v) is 2.39. The van der Waals surface area contributed by atoms with Gasteiger partial charge in [0, 0.05) is 0 Å². The van der Waals surface area contributed by atoms with Crippen molar-refractivity contribution in [3.63, 3.8) is 0 Å². The normalized spacial score (nSPS) is 15.5. The average Bonchev–Trinajstić information content (AvgIpc) is 2.49. The molecule has 0 unspecified atom stereocenters. The molecule has 0 heterocycles. The molecule has 6 heteroatoms. The van der Waals surface area contributed by atoms with Crippen LogP contribution in [0.5, 0.6) is 0 Å². The molecule has 1 aromatic rings. The van der Waals surface area contributed by atoms with E-state index in [4.69, 9.17) is 4.74 Å². The Morgan fingerprint density at radius 3 is 2.38 bits per heavy atom. The second-order valence-corrected chi connectivity index (χ2v) is 5.09. The van der Waals surface area contributed by atoms with Gasteiger partial charge in [0.1, 0.15) is 17.3 Å². The van der Waals surface area contributed by atoms with Gasteiger partial charge in [-0.15, -0.1) is 0 Å². The average molecular weight is 297 g/mol. The van der Waals surface area contributed by atoms with E-state index >= 15 is 0 Å². The van der Waals surface area contributed by atoms with E-state index in [1.54, 1.807) is 0 Å². The Hall–Kier alpha value is -1.98. The summed E-state index contributed by atoms with van der Waals surface area (Å²) in [6, 6.07) is 3.27. The molecule has 0 bridgehead atoms. The number of carbonyl (C=O) groups excluding carboxylic acids is 2. The van der Waals surface area contributed by atoms with Gasteiger partial charge < -0.3 is 10.1 Å². The van der Waals surface area contributed by atoms with Crippen LogP contribution in [0, 0.1) is 17.6 Å². The van der Waals surface area contributed by atoms with Crippen LogP contribution < -0.4 is 5.32 Å². The summed E-state index contributed by atoms with van der Waals surface area (Å²) in [7, 11) is 0. The van der Waals surface area contributed by atoms with Crippen molar-refractivity contribution in [3.8, 4) is 0 Å². The molecular formula is C15H17F2NO3. The zero-order valence-corrected chi connectivity index (χ0v) is 11.5. The summed E-state index contributed by atoms with van der Waals surface area (Å²) >= 11 is 0. The molecule has 1 fully saturated rings. The van der Waals surface area contributed by atoms with Crippen molar-refractivity contribution in [3.05, 3.63) is 29.8 Å². The maximum absolute atomic E-state index is 13.3. The van der Waals surface area contributed by atoms with Crippen molar-refractivity contribution in [2.45, 2.75) is 32.1 Å². The minimum Gasteiger partial charge on any atom is -0.455 e. The topological polar surface area (TPSA) is 55.4 Å². The van der Waals surface area contributed by atoms with Gasteiger partial charge in [-0.3, -0.25) is 9.59 Å². The van der Waals surface area contributed by atoms with Crippen LogP contribution in [0.4, 0.5) is 14.5 Å². The van der Waals surface area contributed by atoms with Crippen LogP contribution in [0.1, 0.15) is 32.1 Å². The molecule has 2 rings (SSSR count). The van der Waals surface area contributed by atoms with E-state index in [9.17, 15) is 18.4 Å². The minimum atomic E-state index is -0.873. The number of esters is 1. The number of hydrogen-bond acceptors (Lipinski definition) is 3. The van der Waals surface area contributed by atoms with Gasteiger partial charge in [0.05, 0.1) is 5.92 Å². The summed E-state index contributed by atoms with van der Waals surface area (Å²) in [6.07, 6.45) is 4.60. The molecule has 0 saturated heterocycles. The van der Waals surface area contributed by atoms with E-state index < -0.39 is 35.8 Å². The van der Waals surface area contributed by atoms with Crippen LogP contribution in [0.3, 0.4) is 0 Å². The molecule has 0 spiro atoms. The molecule has 4 nitrogen and oxygen atoms in total. The zero-order valence-electron chi connectivity index (χ0n) is 11.5. The third kappa shape index (κ3) is 4.24. The van der Waals surface area contributed by atoms with Gasteiger partial charge in [0.2, 0.25) is 0 Å². The first-order chi connectivity index (χ1) is 10.1. The lowest BCUT2D eigenvalue weighted by molar-refractivity contribution is -0.152. The Kier molecular flexibility index (Phi) is 5.25. The Balaban J connectivity index is 1.83. The van der Waals surface area contributed by atoms with Crippen LogP contribution >= 0.6 is 0 Å². The summed E-state index contributed by atoms with van der Waals surface area (Å²) in [6.45, 7) is -0.539. The second kappa shape index (κ2) is 7.15. The lowest BCUT2D eigenvalue weighted by atomic mass is 9.89. The van der Waals surface area contributed by atoms with Crippen molar-refractivity contribution in [2.75, 3.05) is 11.9 Å².